The summed E-state index contributed by atoms with van der Waals surface area (Å²) in [6.07, 6.45) is 1.27. The van der Waals surface area contributed by atoms with Gasteiger partial charge in [-0.2, -0.15) is 0 Å². The Hall–Kier alpha value is -2.17. The van der Waals surface area contributed by atoms with Gasteiger partial charge in [0.2, 0.25) is 15.9 Å². The molecule has 1 heterocycles. The van der Waals surface area contributed by atoms with Gasteiger partial charge in [-0.3, -0.25) is 4.79 Å². The van der Waals surface area contributed by atoms with Crippen molar-refractivity contribution in [2.24, 2.45) is 7.05 Å². The molecule has 8 nitrogen and oxygen atoms in total. The molecule has 0 aliphatic carbocycles. The number of aryl methyl sites for hydroxylation is 2. The minimum Gasteiger partial charge on any atom is -0.464 e. The highest BCUT2D eigenvalue weighted by molar-refractivity contribution is 9.10. The van der Waals surface area contributed by atoms with Gasteiger partial charge in [0.25, 0.3) is 0 Å². The van der Waals surface area contributed by atoms with E-state index in [1.807, 2.05) is 19.1 Å². The number of anilines is 1. The van der Waals surface area contributed by atoms with Crippen LogP contribution in [0.15, 0.2) is 39.8 Å². The van der Waals surface area contributed by atoms with Gasteiger partial charge < -0.3 is 14.6 Å². The fraction of sp³-hybridized carbons (Fsp3) is 0.294. The van der Waals surface area contributed by atoms with E-state index < -0.39 is 16.0 Å². The molecule has 0 atom stereocenters. The van der Waals surface area contributed by atoms with Crippen LogP contribution in [0.2, 0.25) is 0 Å². The van der Waals surface area contributed by atoms with Crippen molar-refractivity contribution in [3.63, 3.8) is 0 Å². The Morgan fingerprint density at radius 3 is 2.59 bits per heavy atom. The fourth-order valence-corrected chi connectivity index (χ4v) is 3.66. The smallest absolute Gasteiger partial charge is 0.354 e. The van der Waals surface area contributed by atoms with Crippen LogP contribution < -0.4 is 10.0 Å². The Morgan fingerprint density at radius 1 is 1.26 bits per heavy atom. The zero-order chi connectivity index (χ0) is 20.2. The summed E-state index contributed by atoms with van der Waals surface area (Å²) in [6, 6.07) is 6.60. The number of esters is 1. The highest BCUT2D eigenvalue weighted by atomic mass is 79.9. The number of hydrogen-bond acceptors (Lipinski definition) is 5. The summed E-state index contributed by atoms with van der Waals surface area (Å²) in [5, 5.41) is 2.71. The van der Waals surface area contributed by atoms with Gasteiger partial charge in [0.05, 0.1) is 7.11 Å². The van der Waals surface area contributed by atoms with E-state index in [2.05, 4.69) is 30.7 Å². The molecule has 0 radical (unpaired) electrons. The van der Waals surface area contributed by atoms with Gasteiger partial charge in [0.1, 0.15) is 10.6 Å². The molecule has 0 unspecified atom stereocenters. The van der Waals surface area contributed by atoms with Crippen molar-refractivity contribution in [1.29, 1.82) is 0 Å². The third-order valence-corrected chi connectivity index (χ3v) is 6.09. The summed E-state index contributed by atoms with van der Waals surface area (Å²) in [5.74, 6) is -0.953. The molecule has 27 heavy (non-hydrogen) atoms. The second-order valence-electron chi connectivity index (χ2n) is 5.82. The number of aromatic nitrogens is 1. The number of benzene rings is 1. The minimum atomic E-state index is -3.85. The summed E-state index contributed by atoms with van der Waals surface area (Å²) in [6.45, 7) is 1.82. The maximum absolute atomic E-state index is 12.3. The number of sulfonamides is 1. The van der Waals surface area contributed by atoms with Crippen LogP contribution in [0.3, 0.4) is 0 Å². The van der Waals surface area contributed by atoms with E-state index in [1.54, 1.807) is 13.1 Å². The van der Waals surface area contributed by atoms with Gasteiger partial charge in [0.15, 0.2) is 0 Å². The minimum absolute atomic E-state index is 0.0367. The van der Waals surface area contributed by atoms with Crippen LogP contribution in [0.5, 0.6) is 0 Å². The van der Waals surface area contributed by atoms with Crippen molar-refractivity contribution in [2.75, 3.05) is 19.0 Å². The number of ether oxygens (including phenoxy) is 1. The molecule has 0 aliphatic heterocycles. The van der Waals surface area contributed by atoms with Crippen LogP contribution in [-0.4, -0.2) is 38.5 Å². The first kappa shape index (κ1) is 21.1. The predicted molar refractivity (Wildman–Crippen MR) is 104 cm³/mol. The lowest BCUT2D eigenvalue weighted by Crippen LogP contribution is -2.27. The highest BCUT2D eigenvalue weighted by Gasteiger charge is 2.20. The molecule has 0 fully saturated rings. The third kappa shape index (κ3) is 5.41. The van der Waals surface area contributed by atoms with Crippen molar-refractivity contribution in [2.45, 2.75) is 18.2 Å². The molecule has 2 aromatic rings. The highest BCUT2D eigenvalue weighted by Crippen LogP contribution is 2.20. The molecule has 10 heteroatoms. The normalized spacial score (nSPS) is 11.3. The van der Waals surface area contributed by atoms with E-state index in [0.717, 1.165) is 10.0 Å². The Morgan fingerprint density at radius 2 is 1.96 bits per heavy atom. The molecular weight excluding hydrogens is 438 g/mol. The Kier molecular flexibility index (Phi) is 6.79. The Balaban J connectivity index is 1.94. The number of methoxy groups -OCH3 is 1. The lowest BCUT2D eigenvalue weighted by molar-refractivity contribution is -0.116. The van der Waals surface area contributed by atoms with E-state index in [1.165, 1.54) is 23.9 Å². The van der Waals surface area contributed by atoms with Crippen LogP contribution >= 0.6 is 15.9 Å². The van der Waals surface area contributed by atoms with E-state index in [9.17, 15) is 18.0 Å². The summed E-state index contributed by atoms with van der Waals surface area (Å²) in [4.78, 5) is 23.5. The lowest BCUT2D eigenvalue weighted by Gasteiger charge is -2.08. The van der Waals surface area contributed by atoms with E-state index in [0.29, 0.717) is 5.69 Å². The molecule has 2 rings (SSSR count). The van der Waals surface area contributed by atoms with Crippen LogP contribution in [0.1, 0.15) is 22.5 Å². The molecule has 0 aliphatic rings. The molecule has 2 N–H and O–H groups in total. The predicted octanol–water partition coefficient (Wildman–Crippen LogP) is 2.19. The number of carbonyl (C=O) groups excluding carboxylic acids is 2. The molecule has 0 bridgehead atoms. The van der Waals surface area contributed by atoms with Crippen LogP contribution in [0.4, 0.5) is 5.69 Å². The van der Waals surface area contributed by atoms with Gasteiger partial charge in [-0.05, 0) is 36.8 Å². The summed E-state index contributed by atoms with van der Waals surface area (Å²) in [5.41, 5.74) is 1.72. The van der Waals surface area contributed by atoms with Gasteiger partial charge in [-0.25, -0.2) is 17.9 Å². The first-order chi connectivity index (χ1) is 12.6. The molecule has 1 aromatic heterocycles. The van der Waals surface area contributed by atoms with Crippen molar-refractivity contribution in [1.82, 2.24) is 9.29 Å². The maximum atomic E-state index is 12.3. The number of amides is 1. The lowest BCUT2D eigenvalue weighted by atomic mass is 10.2. The zero-order valence-electron chi connectivity index (χ0n) is 15.1. The molecule has 0 saturated heterocycles. The molecule has 0 spiro atoms. The quantitative estimate of drug-likeness (QED) is 0.619. The molecular formula is C17H20BrN3O5S. The van der Waals surface area contributed by atoms with Crippen molar-refractivity contribution < 1.29 is 22.7 Å². The number of halogens is 1. The SMILES string of the molecule is COC(=O)c1cc(S(=O)(=O)NCCC(=O)Nc2ccc(Br)c(C)c2)cn1C. The summed E-state index contributed by atoms with van der Waals surface area (Å²) >= 11 is 3.38. The topological polar surface area (TPSA) is 106 Å². The first-order valence-corrected chi connectivity index (χ1v) is 10.2. The van der Waals surface area contributed by atoms with Gasteiger partial charge in [-0.15, -0.1) is 0 Å². The number of rotatable bonds is 7. The van der Waals surface area contributed by atoms with Crippen molar-refractivity contribution in [3.8, 4) is 0 Å². The van der Waals surface area contributed by atoms with Gasteiger partial charge in [-0.1, -0.05) is 15.9 Å². The second kappa shape index (κ2) is 8.68. The van der Waals surface area contributed by atoms with E-state index >= 15 is 0 Å². The molecule has 146 valence electrons. The van der Waals surface area contributed by atoms with Gasteiger partial charge in [0, 0.05) is 36.4 Å². The average Bonchev–Trinajstić information content (AvgIpc) is 3.00. The standard InChI is InChI=1S/C17H20BrN3O5S/c1-11-8-12(4-5-14(11)18)20-16(22)6-7-19-27(24,25)13-9-15(17(23)26-3)21(2)10-13/h4-5,8-10,19H,6-7H2,1-3H3,(H,20,22). The summed E-state index contributed by atoms with van der Waals surface area (Å²) < 4.78 is 33.9. The molecule has 1 aromatic carbocycles. The number of carbonyl (C=O) groups is 2. The Bertz CT molecular complexity index is 969. The molecule has 1 amide bonds. The van der Waals surface area contributed by atoms with Crippen molar-refractivity contribution in [3.05, 3.63) is 46.2 Å². The van der Waals surface area contributed by atoms with E-state index in [4.69, 9.17) is 0 Å². The second-order valence-corrected chi connectivity index (χ2v) is 8.44. The number of nitrogens with zero attached hydrogens (tertiary/aromatic N) is 1. The Labute approximate surface area is 166 Å². The third-order valence-electron chi connectivity index (χ3n) is 3.77. The van der Waals surface area contributed by atoms with Crippen LogP contribution in [0.25, 0.3) is 0 Å². The first-order valence-electron chi connectivity index (χ1n) is 7.94. The van der Waals surface area contributed by atoms with Crippen molar-refractivity contribution >= 4 is 43.5 Å². The average molecular weight is 458 g/mol. The monoisotopic (exact) mass is 457 g/mol. The van der Waals surface area contributed by atoms with Gasteiger partial charge >= 0.3 is 5.97 Å². The fourth-order valence-electron chi connectivity index (χ4n) is 2.32. The number of hydrogen-bond donors (Lipinski definition) is 2. The van der Waals surface area contributed by atoms with E-state index in [-0.39, 0.29) is 29.5 Å². The number of nitrogens with one attached hydrogen (secondary N) is 2. The summed E-state index contributed by atoms with van der Waals surface area (Å²) in [7, 11) is -1.09. The van der Waals surface area contributed by atoms with Crippen LogP contribution in [-0.2, 0) is 26.6 Å². The zero-order valence-corrected chi connectivity index (χ0v) is 17.5. The van der Waals surface area contributed by atoms with Crippen LogP contribution in [0, 0.1) is 6.92 Å². The molecule has 0 saturated carbocycles. The largest absolute Gasteiger partial charge is 0.464 e. The maximum Gasteiger partial charge on any atom is 0.354 e.